The molecule has 1 aliphatic heterocycles. The van der Waals surface area contributed by atoms with Crippen LogP contribution in [0.15, 0.2) is 23.2 Å². The Morgan fingerprint density at radius 1 is 1.37 bits per heavy atom. The number of likely N-dealkylation sites (N-methyl/N-ethyl adjacent to an activating group) is 1. The molecule has 0 spiro atoms. The third kappa shape index (κ3) is 6.41. The van der Waals surface area contributed by atoms with E-state index in [0.717, 1.165) is 32.6 Å². The molecule has 1 aromatic carbocycles. The van der Waals surface area contributed by atoms with E-state index in [1.54, 1.807) is 7.05 Å². The number of benzene rings is 1. The zero-order chi connectivity index (χ0) is 19.1. The summed E-state index contributed by atoms with van der Waals surface area (Å²) in [7, 11) is 1.66. The molecule has 0 amide bonds. The summed E-state index contributed by atoms with van der Waals surface area (Å²) in [5, 5.41) is 3.07. The summed E-state index contributed by atoms with van der Waals surface area (Å²) < 4.78 is 43.5. The zero-order valence-corrected chi connectivity index (χ0v) is 18.3. The van der Waals surface area contributed by atoms with Crippen molar-refractivity contribution in [2.45, 2.75) is 39.5 Å². The second-order valence-electron chi connectivity index (χ2n) is 6.11. The first-order valence-corrected chi connectivity index (χ1v) is 8.91. The summed E-state index contributed by atoms with van der Waals surface area (Å²) in [4.78, 5) is 8.76. The number of aliphatic imine (C=N–C) groups is 1. The number of ether oxygens (including phenoxy) is 1. The van der Waals surface area contributed by atoms with Crippen LogP contribution in [0.1, 0.15) is 25.8 Å². The first kappa shape index (κ1) is 23.8. The van der Waals surface area contributed by atoms with E-state index >= 15 is 0 Å². The van der Waals surface area contributed by atoms with E-state index in [1.165, 1.54) is 18.2 Å². The highest BCUT2D eigenvalue weighted by atomic mass is 127. The molecule has 0 aromatic heterocycles. The SMILES string of the molecule is CCN(CC)C1CCN(C(=NC)NCc2c(F)cccc2OC(F)F)C1.I. The molecule has 154 valence electrons. The van der Waals surface area contributed by atoms with E-state index in [0.29, 0.717) is 12.0 Å². The van der Waals surface area contributed by atoms with Crippen molar-refractivity contribution in [1.29, 1.82) is 0 Å². The third-order valence-electron chi connectivity index (χ3n) is 4.72. The summed E-state index contributed by atoms with van der Waals surface area (Å²) in [6, 6.07) is 4.36. The van der Waals surface area contributed by atoms with Crippen molar-refractivity contribution in [3.63, 3.8) is 0 Å². The van der Waals surface area contributed by atoms with Crippen LogP contribution in [0.2, 0.25) is 0 Å². The minimum absolute atomic E-state index is 0. The standard InChI is InChI=1S/C18H27F3N4O.HI/c1-4-24(5-2)13-9-10-25(12-13)18(22-3)23-11-14-15(19)7-6-8-16(14)26-17(20)21;/h6-8,13,17H,4-5,9-12H2,1-3H3,(H,22,23);1H. The fourth-order valence-corrected chi connectivity index (χ4v) is 3.39. The Bertz CT molecular complexity index is 614. The maximum atomic E-state index is 14.1. The largest absolute Gasteiger partial charge is 0.434 e. The summed E-state index contributed by atoms with van der Waals surface area (Å²) in [6.45, 7) is 4.97. The van der Waals surface area contributed by atoms with Crippen molar-refractivity contribution in [3.8, 4) is 5.75 Å². The number of hydrogen-bond acceptors (Lipinski definition) is 3. The molecule has 0 saturated carbocycles. The molecule has 1 N–H and O–H groups in total. The van der Waals surface area contributed by atoms with E-state index in [4.69, 9.17) is 0 Å². The van der Waals surface area contributed by atoms with Gasteiger partial charge >= 0.3 is 6.61 Å². The molecule has 1 heterocycles. The molecule has 0 radical (unpaired) electrons. The van der Waals surface area contributed by atoms with E-state index in [9.17, 15) is 13.2 Å². The lowest BCUT2D eigenvalue weighted by atomic mass is 10.2. The van der Waals surface area contributed by atoms with Crippen LogP contribution < -0.4 is 10.1 Å². The predicted octanol–water partition coefficient (Wildman–Crippen LogP) is 3.54. The zero-order valence-electron chi connectivity index (χ0n) is 15.9. The van der Waals surface area contributed by atoms with E-state index in [-0.39, 0.29) is 41.8 Å². The monoisotopic (exact) mass is 500 g/mol. The lowest BCUT2D eigenvalue weighted by molar-refractivity contribution is -0.0506. The van der Waals surface area contributed by atoms with Crippen LogP contribution in [0, 0.1) is 5.82 Å². The van der Waals surface area contributed by atoms with Gasteiger partial charge in [0.05, 0.1) is 0 Å². The molecule has 0 aliphatic carbocycles. The molecule has 2 rings (SSSR count). The van der Waals surface area contributed by atoms with Crippen molar-refractivity contribution in [2.24, 2.45) is 4.99 Å². The fourth-order valence-electron chi connectivity index (χ4n) is 3.39. The quantitative estimate of drug-likeness (QED) is 0.354. The Kier molecular flexibility index (Phi) is 10.2. The number of nitrogens with one attached hydrogen (secondary N) is 1. The number of nitrogens with zero attached hydrogens (tertiary/aromatic N) is 3. The highest BCUT2D eigenvalue weighted by Crippen LogP contribution is 2.23. The van der Waals surface area contributed by atoms with Crippen LogP contribution in [0.4, 0.5) is 13.2 Å². The Morgan fingerprint density at radius 3 is 2.67 bits per heavy atom. The van der Waals surface area contributed by atoms with Gasteiger partial charge in [-0.3, -0.25) is 9.89 Å². The Hall–Kier alpha value is -1.23. The van der Waals surface area contributed by atoms with Crippen LogP contribution in [0.25, 0.3) is 0 Å². The van der Waals surface area contributed by atoms with Gasteiger partial charge in [0.1, 0.15) is 11.6 Å². The lowest BCUT2D eigenvalue weighted by Gasteiger charge is -2.27. The molecule has 5 nitrogen and oxygen atoms in total. The van der Waals surface area contributed by atoms with Gasteiger partial charge in [0, 0.05) is 38.3 Å². The third-order valence-corrected chi connectivity index (χ3v) is 4.72. The van der Waals surface area contributed by atoms with Crippen molar-refractivity contribution in [1.82, 2.24) is 15.1 Å². The molecular weight excluding hydrogens is 472 g/mol. The Labute approximate surface area is 176 Å². The van der Waals surface area contributed by atoms with Gasteiger partial charge in [-0.1, -0.05) is 19.9 Å². The fraction of sp³-hybridized carbons (Fsp3) is 0.611. The Morgan fingerprint density at radius 2 is 2.07 bits per heavy atom. The second-order valence-corrected chi connectivity index (χ2v) is 6.11. The van der Waals surface area contributed by atoms with Crippen molar-refractivity contribution >= 4 is 29.9 Å². The number of halogens is 4. The maximum absolute atomic E-state index is 14.1. The van der Waals surface area contributed by atoms with Crippen LogP contribution in [-0.2, 0) is 6.54 Å². The van der Waals surface area contributed by atoms with Crippen molar-refractivity contribution in [3.05, 3.63) is 29.6 Å². The normalized spacial score (nSPS) is 17.4. The number of rotatable bonds is 7. The smallest absolute Gasteiger partial charge is 0.387 e. The minimum Gasteiger partial charge on any atom is -0.434 e. The minimum atomic E-state index is -3.00. The molecule has 1 aromatic rings. The molecule has 27 heavy (non-hydrogen) atoms. The summed E-state index contributed by atoms with van der Waals surface area (Å²) in [5.41, 5.74) is 0.0634. The van der Waals surface area contributed by atoms with Crippen LogP contribution in [0.3, 0.4) is 0 Å². The topological polar surface area (TPSA) is 40.1 Å². The van der Waals surface area contributed by atoms with Crippen molar-refractivity contribution < 1.29 is 17.9 Å². The summed E-state index contributed by atoms with van der Waals surface area (Å²) in [5.74, 6) is -0.121. The van der Waals surface area contributed by atoms with E-state index in [2.05, 4.69) is 38.7 Å². The average molecular weight is 500 g/mol. The number of hydrogen-bond donors (Lipinski definition) is 1. The first-order valence-electron chi connectivity index (χ1n) is 8.91. The van der Waals surface area contributed by atoms with Gasteiger partial charge in [-0.05, 0) is 31.6 Å². The van der Waals surface area contributed by atoms with Crippen LogP contribution in [0.5, 0.6) is 5.75 Å². The maximum Gasteiger partial charge on any atom is 0.387 e. The number of guanidine groups is 1. The molecule has 0 bridgehead atoms. The van der Waals surface area contributed by atoms with E-state index < -0.39 is 12.4 Å². The second kappa shape index (κ2) is 11.6. The van der Waals surface area contributed by atoms with Crippen LogP contribution in [-0.4, -0.2) is 61.6 Å². The average Bonchev–Trinajstić information content (AvgIpc) is 3.08. The van der Waals surface area contributed by atoms with Crippen LogP contribution >= 0.6 is 24.0 Å². The van der Waals surface area contributed by atoms with Crippen molar-refractivity contribution in [2.75, 3.05) is 33.2 Å². The molecule has 1 aliphatic rings. The molecular formula is C18H28F3IN4O. The van der Waals surface area contributed by atoms with Gasteiger partial charge in [-0.2, -0.15) is 8.78 Å². The van der Waals surface area contributed by atoms with Gasteiger partial charge in [0.15, 0.2) is 5.96 Å². The first-order chi connectivity index (χ1) is 12.5. The van der Waals surface area contributed by atoms with E-state index in [1.807, 2.05) is 0 Å². The molecule has 1 fully saturated rings. The molecule has 1 unspecified atom stereocenters. The lowest BCUT2D eigenvalue weighted by Crippen LogP contribution is -2.43. The molecule has 9 heteroatoms. The predicted molar refractivity (Wildman–Crippen MR) is 112 cm³/mol. The summed E-state index contributed by atoms with van der Waals surface area (Å²) in [6.07, 6.45) is 1.03. The van der Waals surface area contributed by atoms with Gasteiger partial charge < -0.3 is 15.0 Å². The molecule has 1 saturated heterocycles. The van der Waals surface area contributed by atoms with Gasteiger partial charge in [-0.25, -0.2) is 4.39 Å². The van der Waals surface area contributed by atoms with Gasteiger partial charge in [0.2, 0.25) is 0 Å². The number of likely N-dealkylation sites (tertiary alicyclic amines) is 1. The highest BCUT2D eigenvalue weighted by Gasteiger charge is 2.28. The number of alkyl halides is 2. The Balaban J connectivity index is 0.00000364. The highest BCUT2D eigenvalue weighted by molar-refractivity contribution is 14.0. The summed E-state index contributed by atoms with van der Waals surface area (Å²) >= 11 is 0. The molecule has 1 atom stereocenters. The van der Waals surface area contributed by atoms with Gasteiger partial charge in [0.25, 0.3) is 0 Å². The van der Waals surface area contributed by atoms with Gasteiger partial charge in [-0.15, -0.1) is 24.0 Å².